The summed E-state index contributed by atoms with van der Waals surface area (Å²) in [5.74, 6) is -0.470. The molecule has 0 unspecified atom stereocenters. The van der Waals surface area contributed by atoms with Gasteiger partial charge in [-0.15, -0.1) is 0 Å². The minimum absolute atomic E-state index is 0.0802. The lowest BCUT2D eigenvalue weighted by atomic mass is 10.2. The molecule has 0 aliphatic carbocycles. The second kappa shape index (κ2) is 6.11. The standard InChI is InChI=1S/C12H8BrN3O4/c13-11-6-5-10(20-11)12(17)15-14-7-8-3-1-2-4-9(8)16(18)19/h1-7H,(H,15,17)/b14-7+. The molecule has 2 rings (SSSR count). The van der Waals surface area contributed by atoms with Crippen molar-refractivity contribution in [3.8, 4) is 0 Å². The van der Waals surface area contributed by atoms with Crippen molar-refractivity contribution in [2.45, 2.75) is 0 Å². The third-order valence-electron chi connectivity index (χ3n) is 2.30. The molecule has 0 saturated heterocycles. The van der Waals surface area contributed by atoms with Crippen LogP contribution < -0.4 is 5.43 Å². The van der Waals surface area contributed by atoms with Gasteiger partial charge < -0.3 is 4.42 Å². The highest BCUT2D eigenvalue weighted by molar-refractivity contribution is 9.10. The number of benzene rings is 1. The average Bonchev–Trinajstić information content (AvgIpc) is 2.86. The van der Waals surface area contributed by atoms with Gasteiger partial charge in [0.05, 0.1) is 16.7 Å². The minimum atomic E-state index is -0.550. The summed E-state index contributed by atoms with van der Waals surface area (Å²) in [6, 6.07) is 9.11. The van der Waals surface area contributed by atoms with E-state index in [1.807, 2.05) is 0 Å². The van der Waals surface area contributed by atoms with Gasteiger partial charge in [-0.05, 0) is 34.1 Å². The summed E-state index contributed by atoms with van der Waals surface area (Å²) in [4.78, 5) is 21.9. The normalized spacial score (nSPS) is 10.7. The second-order valence-corrected chi connectivity index (χ2v) is 4.40. The molecule has 0 saturated carbocycles. The highest BCUT2D eigenvalue weighted by Gasteiger charge is 2.11. The quantitative estimate of drug-likeness (QED) is 0.526. The van der Waals surface area contributed by atoms with E-state index in [9.17, 15) is 14.9 Å². The van der Waals surface area contributed by atoms with Crippen LogP contribution >= 0.6 is 15.9 Å². The number of hydrazone groups is 1. The largest absolute Gasteiger partial charge is 0.444 e. The molecule has 0 spiro atoms. The zero-order chi connectivity index (χ0) is 14.5. The number of para-hydroxylation sites is 1. The number of nitro groups is 1. The van der Waals surface area contributed by atoms with Crippen LogP contribution in [0.1, 0.15) is 16.1 Å². The number of amides is 1. The Kier molecular flexibility index (Phi) is 4.26. The third-order valence-corrected chi connectivity index (χ3v) is 2.73. The van der Waals surface area contributed by atoms with E-state index in [0.29, 0.717) is 10.2 Å². The number of nitrogens with one attached hydrogen (secondary N) is 1. The Balaban J connectivity index is 2.07. The number of nitrogens with zero attached hydrogens (tertiary/aromatic N) is 2. The Bertz CT molecular complexity index is 681. The van der Waals surface area contributed by atoms with Gasteiger partial charge in [0.15, 0.2) is 10.4 Å². The molecule has 1 N–H and O–H groups in total. The fourth-order valence-corrected chi connectivity index (χ4v) is 1.72. The lowest BCUT2D eigenvalue weighted by molar-refractivity contribution is -0.385. The first kappa shape index (κ1) is 13.9. The number of hydrogen-bond acceptors (Lipinski definition) is 5. The van der Waals surface area contributed by atoms with Crippen LogP contribution in [0.5, 0.6) is 0 Å². The molecule has 7 nitrogen and oxygen atoms in total. The molecule has 0 radical (unpaired) electrons. The molecule has 1 aromatic carbocycles. The summed E-state index contributed by atoms with van der Waals surface area (Å²) in [7, 11) is 0. The lowest BCUT2D eigenvalue weighted by Crippen LogP contribution is -2.16. The van der Waals surface area contributed by atoms with Crippen LogP contribution in [-0.2, 0) is 0 Å². The molecule has 0 aliphatic rings. The summed E-state index contributed by atoms with van der Waals surface area (Å²) in [5.41, 5.74) is 2.42. The average molecular weight is 338 g/mol. The molecule has 1 amide bonds. The molecular formula is C12H8BrN3O4. The van der Waals surface area contributed by atoms with E-state index in [2.05, 4.69) is 26.5 Å². The van der Waals surface area contributed by atoms with Crippen molar-refractivity contribution < 1.29 is 14.1 Å². The van der Waals surface area contributed by atoms with Crippen molar-refractivity contribution in [2.75, 3.05) is 0 Å². The smallest absolute Gasteiger partial charge is 0.307 e. The molecule has 0 atom stereocenters. The number of nitro benzene ring substituents is 1. The van der Waals surface area contributed by atoms with Crippen LogP contribution in [0.4, 0.5) is 5.69 Å². The summed E-state index contributed by atoms with van der Waals surface area (Å²) in [6.07, 6.45) is 1.20. The van der Waals surface area contributed by atoms with Crippen LogP contribution in [-0.4, -0.2) is 17.0 Å². The minimum Gasteiger partial charge on any atom is -0.444 e. The molecule has 102 valence electrons. The number of carbonyl (C=O) groups excluding carboxylic acids is 1. The number of carbonyl (C=O) groups is 1. The molecule has 8 heteroatoms. The topological polar surface area (TPSA) is 97.7 Å². The van der Waals surface area contributed by atoms with Gasteiger partial charge >= 0.3 is 5.91 Å². The van der Waals surface area contributed by atoms with Gasteiger partial charge in [-0.2, -0.15) is 5.10 Å². The van der Waals surface area contributed by atoms with Gasteiger partial charge in [0.2, 0.25) is 0 Å². The highest BCUT2D eigenvalue weighted by Crippen LogP contribution is 2.15. The van der Waals surface area contributed by atoms with Gasteiger partial charge in [-0.1, -0.05) is 12.1 Å². The van der Waals surface area contributed by atoms with Gasteiger partial charge in [-0.25, -0.2) is 5.43 Å². The van der Waals surface area contributed by atoms with Crippen molar-refractivity contribution in [3.63, 3.8) is 0 Å². The van der Waals surface area contributed by atoms with Crippen LogP contribution in [0.3, 0.4) is 0 Å². The van der Waals surface area contributed by atoms with Crippen LogP contribution in [0.2, 0.25) is 0 Å². The number of hydrogen-bond donors (Lipinski definition) is 1. The first-order chi connectivity index (χ1) is 9.58. The van der Waals surface area contributed by atoms with E-state index >= 15 is 0 Å². The molecule has 2 aromatic rings. The highest BCUT2D eigenvalue weighted by atomic mass is 79.9. The SMILES string of the molecule is O=C(N/N=C/c1ccccc1[N+](=O)[O-])c1ccc(Br)o1. The van der Waals surface area contributed by atoms with Gasteiger partial charge in [0.1, 0.15) is 0 Å². The van der Waals surface area contributed by atoms with Crippen molar-refractivity contribution in [1.29, 1.82) is 0 Å². The molecule has 0 fully saturated rings. The number of halogens is 1. The van der Waals surface area contributed by atoms with Crippen molar-refractivity contribution in [2.24, 2.45) is 5.10 Å². The number of rotatable bonds is 4. The zero-order valence-electron chi connectivity index (χ0n) is 9.95. The zero-order valence-corrected chi connectivity index (χ0v) is 11.5. The summed E-state index contributed by atoms with van der Waals surface area (Å²) in [5, 5.41) is 14.4. The predicted octanol–water partition coefficient (Wildman–Crippen LogP) is 2.71. The van der Waals surface area contributed by atoms with Crippen molar-refractivity contribution >= 4 is 33.7 Å². The fourth-order valence-electron chi connectivity index (χ4n) is 1.41. The first-order valence-electron chi connectivity index (χ1n) is 5.40. The Morgan fingerprint density at radius 3 is 2.75 bits per heavy atom. The summed E-state index contributed by atoms with van der Waals surface area (Å²) in [6.45, 7) is 0. The van der Waals surface area contributed by atoms with Crippen LogP contribution in [0.25, 0.3) is 0 Å². The Morgan fingerprint density at radius 2 is 2.10 bits per heavy atom. The van der Waals surface area contributed by atoms with Gasteiger partial charge in [0, 0.05) is 6.07 Å². The maximum Gasteiger partial charge on any atom is 0.307 e. The molecule has 1 heterocycles. The second-order valence-electron chi connectivity index (χ2n) is 3.62. The van der Waals surface area contributed by atoms with E-state index in [1.165, 1.54) is 24.4 Å². The molecule has 0 aliphatic heterocycles. The van der Waals surface area contributed by atoms with Crippen molar-refractivity contribution in [1.82, 2.24) is 5.43 Å². The lowest BCUT2D eigenvalue weighted by Gasteiger charge is -1.97. The Hall–Kier alpha value is -2.48. The number of furan rings is 1. The van der Waals surface area contributed by atoms with E-state index in [-0.39, 0.29) is 11.4 Å². The van der Waals surface area contributed by atoms with Gasteiger partial charge in [0.25, 0.3) is 5.69 Å². The van der Waals surface area contributed by atoms with Crippen LogP contribution in [0, 0.1) is 10.1 Å². The van der Waals surface area contributed by atoms with Crippen molar-refractivity contribution in [3.05, 3.63) is 62.5 Å². The Morgan fingerprint density at radius 1 is 1.35 bits per heavy atom. The maximum atomic E-state index is 11.6. The fraction of sp³-hybridized carbons (Fsp3) is 0. The van der Waals surface area contributed by atoms with E-state index in [1.54, 1.807) is 18.2 Å². The summed E-state index contributed by atoms with van der Waals surface area (Å²) < 4.78 is 5.45. The third kappa shape index (κ3) is 3.29. The molecule has 1 aromatic heterocycles. The molecular weight excluding hydrogens is 330 g/mol. The maximum absolute atomic E-state index is 11.6. The van der Waals surface area contributed by atoms with Gasteiger partial charge in [-0.3, -0.25) is 14.9 Å². The Labute approximate surface area is 121 Å². The van der Waals surface area contributed by atoms with E-state index in [4.69, 9.17) is 4.42 Å². The summed E-state index contributed by atoms with van der Waals surface area (Å²) >= 11 is 3.07. The first-order valence-corrected chi connectivity index (χ1v) is 6.19. The monoisotopic (exact) mass is 337 g/mol. The predicted molar refractivity (Wildman–Crippen MR) is 74.6 cm³/mol. The van der Waals surface area contributed by atoms with E-state index in [0.717, 1.165) is 0 Å². The molecule has 20 heavy (non-hydrogen) atoms. The molecule has 0 bridgehead atoms. The van der Waals surface area contributed by atoms with Crippen LogP contribution in [0.15, 0.2) is 50.6 Å². The van der Waals surface area contributed by atoms with E-state index < -0.39 is 10.8 Å².